The van der Waals surface area contributed by atoms with Gasteiger partial charge in [0.15, 0.2) is 11.5 Å². The Morgan fingerprint density at radius 2 is 1.73 bits per heavy atom. The average molecular weight is 229 g/mol. The summed E-state index contributed by atoms with van der Waals surface area (Å²) in [4.78, 5) is 0. The first-order valence-electron chi connectivity index (χ1n) is 5.29. The van der Waals surface area contributed by atoms with Crippen molar-refractivity contribution in [1.29, 1.82) is 0 Å². The lowest BCUT2D eigenvalue weighted by Gasteiger charge is -2.10. The van der Waals surface area contributed by atoms with E-state index >= 15 is 0 Å². The summed E-state index contributed by atoms with van der Waals surface area (Å²) in [6.07, 6.45) is 1.96. The molecule has 0 amide bonds. The van der Waals surface area contributed by atoms with Crippen LogP contribution in [-0.2, 0) is 0 Å². The van der Waals surface area contributed by atoms with E-state index in [2.05, 4.69) is 0 Å². The van der Waals surface area contributed by atoms with Gasteiger partial charge in [0.2, 0.25) is 0 Å². The summed E-state index contributed by atoms with van der Waals surface area (Å²) >= 11 is 5.58. The van der Waals surface area contributed by atoms with E-state index < -0.39 is 0 Å². The molecule has 0 N–H and O–H groups in total. The van der Waals surface area contributed by atoms with Gasteiger partial charge in [-0.3, -0.25) is 0 Å². The van der Waals surface area contributed by atoms with Gasteiger partial charge in [0.05, 0.1) is 13.2 Å². The lowest BCUT2D eigenvalue weighted by molar-refractivity contribution is 0.273. The number of ether oxygens (including phenoxy) is 2. The van der Waals surface area contributed by atoms with Crippen molar-refractivity contribution < 1.29 is 9.47 Å². The standard InChI is InChI=1S/C12H17ClO2/c1-2-14-11-7-3-4-8-12(11)15-10-6-5-9-13/h3-4,7-8H,2,5-6,9-10H2,1H3. The first kappa shape index (κ1) is 12.2. The summed E-state index contributed by atoms with van der Waals surface area (Å²) in [6.45, 7) is 3.31. The summed E-state index contributed by atoms with van der Waals surface area (Å²) < 4.78 is 11.1. The molecule has 0 fully saturated rings. The molecule has 0 atom stereocenters. The van der Waals surface area contributed by atoms with E-state index in [-0.39, 0.29) is 0 Å². The van der Waals surface area contributed by atoms with Crippen molar-refractivity contribution in [3.05, 3.63) is 24.3 Å². The molecule has 0 aromatic heterocycles. The second-order valence-corrected chi connectivity index (χ2v) is 3.50. The van der Waals surface area contributed by atoms with Crippen molar-refractivity contribution in [2.75, 3.05) is 19.1 Å². The van der Waals surface area contributed by atoms with Crippen LogP contribution in [0.5, 0.6) is 11.5 Å². The highest BCUT2D eigenvalue weighted by molar-refractivity contribution is 6.17. The molecule has 0 heterocycles. The van der Waals surface area contributed by atoms with Crippen LogP contribution < -0.4 is 9.47 Å². The number of hydrogen-bond acceptors (Lipinski definition) is 2. The summed E-state index contributed by atoms with van der Waals surface area (Å²) in [7, 11) is 0. The maximum absolute atomic E-state index is 5.61. The fourth-order valence-electron chi connectivity index (χ4n) is 1.22. The van der Waals surface area contributed by atoms with Gasteiger partial charge in [-0.15, -0.1) is 11.6 Å². The van der Waals surface area contributed by atoms with Gasteiger partial charge in [-0.05, 0) is 31.9 Å². The molecule has 3 heteroatoms. The molecule has 0 saturated carbocycles. The number of unbranched alkanes of at least 4 members (excludes halogenated alkanes) is 1. The van der Waals surface area contributed by atoms with Crippen LogP contribution in [0.15, 0.2) is 24.3 Å². The molecule has 84 valence electrons. The number of rotatable bonds is 7. The van der Waals surface area contributed by atoms with Crippen molar-refractivity contribution in [1.82, 2.24) is 0 Å². The molecule has 0 spiro atoms. The second kappa shape index (κ2) is 7.41. The Morgan fingerprint density at radius 1 is 1.07 bits per heavy atom. The largest absolute Gasteiger partial charge is 0.490 e. The lowest BCUT2D eigenvalue weighted by Crippen LogP contribution is -2.00. The average Bonchev–Trinajstić information content (AvgIpc) is 2.27. The highest BCUT2D eigenvalue weighted by atomic mass is 35.5. The highest BCUT2D eigenvalue weighted by Crippen LogP contribution is 2.26. The molecular formula is C12H17ClO2. The fraction of sp³-hybridized carbons (Fsp3) is 0.500. The maximum Gasteiger partial charge on any atom is 0.161 e. The molecule has 1 rings (SSSR count). The molecule has 0 saturated heterocycles. The van der Waals surface area contributed by atoms with Crippen LogP contribution in [0.4, 0.5) is 0 Å². The summed E-state index contributed by atoms with van der Waals surface area (Å²) in [5, 5.41) is 0. The van der Waals surface area contributed by atoms with Gasteiger partial charge in [-0.25, -0.2) is 0 Å². The molecule has 1 aromatic carbocycles. The van der Waals surface area contributed by atoms with E-state index in [0.717, 1.165) is 24.3 Å². The molecule has 2 nitrogen and oxygen atoms in total. The number of halogens is 1. The Hall–Kier alpha value is -0.890. The smallest absolute Gasteiger partial charge is 0.161 e. The zero-order valence-electron chi connectivity index (χ0n) is 9.04. The van der Waals surface area contributed by atoms with Crippen molar-refractivity contribution in [3.8, 4) is 11.5 Å². The van der Waals surface area contributed by atoms with Crippen LogP contribution in [0.2, 0.25) is 0 Å². The highest BCUT2D eigenvalue weighted by Gasteiger charge is 2.02. The molecule has 0 radical (unpaired) electrons. The van der Waals surface area contributed by atoms with E-state index in [1.54, 1.807) is 0 Å². The second-order valence-electron chi connectivity index (χ2n) is 3.12. The Balaban J connectivity index is 2.44. The molecular weight excluding hydrogens is 212 g/mol. The molecule has 0 unspecified atom stereocenters. The minimum Gasteiger partial charge on any atom is -0.490 e. The third-order valence-electron chi connectivity index (χ3n) is 1.93. The molecule has 1 aromatic rings. The minimum atomic E-state index is 0.655. The minimum absolute atomic E-state index is 0.655. The molecule has 0 aliphatic carbocycles. The van der Waals surface area contributed by atoms with Crippen LogP contribution in [0.25, 0.3) is 0 Å². The summed E-state index contributed by atoms with van der Waals surface area (Å²) in [5.41, 5.74) is 0. The molecule has 15 heavy (non-hydrogen) atoms. The third-order valence-corrected chi connectivity index (χ3v) is 2.20. The normalized spacial score (nSPS) is 10.0. The maximum atomic E-state index is 5.61. The topological polar surface area (TPSA) is 18.5 Å². The predicted molar refractivity (Wildman–Crippen MR) is 63.1 cm³/mol. The SMILES string of the molecule is CCOc1ccccc1OCCCCCl. The Kier molecular flexibility index (Phi) is 6.02. The van der Waals surface area contributed by atoms with Crippen molar-refractivity contribution in [2.45, 2.75) is 19.8 Å². The van der Waals surface area contributed by atoms with Gasteiger partial charge in [-0.2, -0.15) is 0 Å². The summed E-state index contributed by atoms with van der Waals surface area (Å²) in [5.74, 6) is 2.32. The monoisotopic (exact) mass is 228 g/mol. The van der Waals surface area contributed by atoms with E-state index in [9.17, 15) is 0 Å². The first-order valence-corrected chi connectivity index (χ1v) is 5.82. The number of hydrogen-bond donors (Lipinski definition) is 0. The van der Waals surface area contributed by atoms with Gasteiger partial charge in [0.1, 0.15) is 0 Å². The van der Waals surface area contributed by atoms with Gasteiger partial charge in [-0.1, -0.05) is 12.1 Å². The van der Waals surface area contributed by atoms with Crippen molar-refractivity contribution >= 4 is 11.6 Å². The van der Waals surface area contributed by atoms with Gasteiger partial charge in [0, 0.05) is 5.88 Å². The van der Waals surface area contributed by atoms with Crippen LogP contribution in [0.1, 0.15) is 19.8 Å². The Bertz CT molecular complexity index is 276. The quantitative estimate of drug-likeness (QED) is 0.526. The van der Waals surface area contributed by atoms with E-state index in [1.165, 1.54) is 0 Å². The fourth-order valence-corrected chi connectivity index (χ4v) is 1.41. The van der Waals surface area contributed by atoms with Crippen LogP contribution in [0, 0.1) is 0 Å². The van der Waals surface area contributed by atoms with Gasteiger partial charge >= 0.3 is 0 Å². The third kappa shape index (κ3) is 4.43. The summed E-state index contributed by atoms with van der Waals surface area (Å²) in [6, 6.07) is 7.72. The van der Waals surface area contributed by atoms with E-state index in [0.29, 0.717) is 19.1 Å². The van der Waals surface area contributed by atoms with E-state index in [1.807, 2.05) is 31.2 Å². The lowest BCUT2D eigenvalue weighted by atomic mass is 10.3. The number of benzene rings is 1. The van der Waals surface area contributed by atoms with Crippen LogP contribution in [0.3, 0.4) is 0 Å². The molecule has 0 aliphatic heterocycles. The zero-order chi connectivity index (χ0) is 10.9. The predicted octanol–water partition coefficient (Wildman–Crippen LogP) is 3.48. The van der Waals surface area contributed by atoms with E-state index in [4.69, 9.17) is 21.1 Å². The zero-order valence-corrected chi connectivity index (χ0v) is 9.80. The number of alkyl halides is 1. The van der Waals surface area contributed by atoms with Crippen molar-refractivity contribution in [3.63, 3.8) is 0 Å². The van der Waals surface area contributed by atoms with Crippen molar-refractivity contribution in [2.24, 2.45) is 0 Å². The molecule has 0 aliphatic rings. The van der Waals surface area contributed by atoms with Crippen LogP contribution >= 0.6 is 11.6 Å². The van der Waals surface area contributed by atoms with Gasteiger partial charge in [0.25, 0.3) is 0 Å². The number of para-hydroxylation sites is 2. The van der Waals surface area contributed by atoms with Gasteiger partial charge < -0.3 is 9.47 Å². The Labute approximate surface area is 96.2 Å². The first-order chi connectivity index (χ1) is 7.38. The van der Waals surface area contributed by atoms with Crippen LogP contribution in [-0.4, -0.2) is 19.1 Å². The Morgan fingerprint density at radius 3 is 2.33 bits per heavy atom. The molecule has 0 bridgehead atoms.